The number of esters is 1. The number of rotatable bonds is 8. The predicted octanol–water partition coefficient (Wildman–Crippen LogP) is 3.45. The average molecular weight is 371 g/mol. The molecule has 1 N–H and O–H groups in total. The molecule has 0 heterocycles. The van der Waals surface area contributed by atoms with Crippen LogP contribution in [0.4, 0.5) is 0 Å². The zero-order valence-corrected chi connectivity index (χ0v) is 16.0. The van der Waals surface area contributed by atoms with Crippen molar-refractivity contribution in [1.29, 1.82) is 0 Å². The van der Waals surface area contributed by atoms with Gasteiger partial charge in [0.2, 0.25) is 0 Å². The monoisotopic (exact) mass is 371 g/mol. The second kappa shape index (κ2) is 9.62. The van der Waals surface area contributed by atoms with Crippen LogP contribution in [-0.4, -0.2) is 31.6 Å². The van der Waals surface area contributed by atoms with E-state index < -0.39 is 17.9 Å². The van der Waals surface area contributed by atoms with Crippen molar-refractivity contribution in [2.24, 2.45) is 5.92 Å². The van der Waals surface area contributed by atoms with E-state index in [4.69, 9.17) is 14.2 Å². The first-order valence-corrected chi connectivity index (χ1v) is 8.85. The lowest BCUT2D eigenvalue weighted by atomic mass is 10.0. The van der Waals surface area contributed by atoms with Gasteiger partial charge in [0, 0.05) is 0 Å². The summed E-state index contributed by atoms with van der Waals surface area (Å²) in [6, 6.07) is 12.9. The Labute approximate surface area is 159 Å². The van der Waals surface area contributed by atoms with Gasteiger partial charge in [-0.05, 0) is 37.1 Å². The molecule has 6 nitrogen and oxygen atoms in total. The molecule has 144 valence electrons. The highest BCUT2D eigenvalue weighted by Crippen LogP contribution is 2.26. The molecule has 0 aliphatic rings. The van der Waals surface area contributed by atoms with E-state index in [2.05, 4.69) is 5.32 Å². The molecule has 0 unspecified atom stereocenters. The quantitative estimate of drug-likeness (QED) is 0.568. The molecule has 1 amide bonds. The maximum Gasteiger partial charge on any atom is 0.334 e. The summed E-state index contributed by atoms with van der Waals surface area (Å²) < 4.78 is 16.2. The van der Waals surface area contributed by atoms with E-state index in [1.54, 1.807) is 48.5 Å². The molecule has 0 fully saturated rings. The van der Waals surface area contributed by atoms with Crippen molar-refractivity contribution in [3.63, 3.8) is 0 Å². The second-order valence-electron chi connectivity index (χ2n) is 6.20. The molecule has 6 heteroatoms. The van der Waals surface area contributed by atoms with Gasteiger partial charge < -0.3 is 19.5 Å². The third-order valence-electron chi connectivity index (χ3n) is 3.92. The van der Waals surface area contributed by atoms with Gasteiger partial charge in [-0.1, -0.05) is 38.1 Å². The Morgan fingerprint density at radius 1 is 0.963 bits per heavy atom. The minimum absolute atomic E-state index is 0.171. The number of hydrogen-bond donors (Lipinski definition) is 1. The van der Waals surface area contributed by atoms with Crippen molar-refractivity contribution in [2.75, 3.05) is 13.7 Å². The highest BCUT2D eigenvalue weighted by molar-refractivity contribution is 5.99. The molecule has 2 aromatic rings. The number of para-hydroxylation sites is 3. The van der Waals surface area contributed by atoms with E-state index in [9.17, 15) is 9.59 Å². The third kappa shape index (κ3) is 5.23. The van der Waals surface area contributed by atoms with Crippen molar-refractivity contribution >= 4 is 11.9 Å². The summed E-state index contributed by atoms with van der Waals surface area (Å²) in [5.41, 5.74) is 0.370. The first kappa shape index (κ1) is 20.3. The van der Waals surface area contributed by atoms with Crippen LogP contribution >= 0.6 is 0 Å². The highest BCUT2D eigenvalue weighted by Gasteiger charge is 2.28. The number of carbonyl (C=O) groups is 2. The number of hydrogen-bond acceptors (Lipinski definition) is 5. The maximum absolute atomic E-state index is 12.7. The Morgan fingerprint density at radius 3 is 2.15 bits per heavy atom. The minimum atomic E-state index is -0.822. The standard InChI is InChI=1S/C21H25NO5/c1-5-26-16-11-7-6-10-15(16)20(23)22-19(14(2)3)21(24)27-18-13-9-8-12-17(18)25-4/h6-14,19H,5H2,1-4H3,(H,22,23)/t19-/m0/s1. The van der Waals surface area contributed by atoms with Gasteiger partial charge in [0.05, 0.1) is 19.3 Å². The first-order valence-electron chi connectivity index (χ1n) is 8.85. The smallest absolute Gasteiger partial charge is 0.334 e. The van der Waals surface area contributed by atoms with Gasteiger partial charge in [-0.25, -0.2) is 4.79 Å². The van der Waals surface area contributed by atoms with E-state index >= 15 is 0 Å². The molecule has 2 rings (SSSR count). The van der Waals surface area contributed by atoms with Crippen molar-refractivity contribution < 1.29 is 23.8 Å². The van der Waals surface area contributed by atoms with Crippen LogP contribution in [0.25, 0.3) is 0 Å². The van der Waals surface area contributed by atoms with Crippen LogP contribution in [0.2, 0.25) is 0 Å². The number of benzene rings is 2. The normalized spacial score (nSPS) is 11.6. The Morgan fingerprint density at radius 2 is 1.56 bits per heavy atom. The zero-order valence-electron chi connectivity index (χ0n) is 16.0. The summed E-state index contributed by atoms with van der Waals surface area (Å²) in [5, 5.41) is 2.75. The molecule has 0 aromatic heterocycles. The number of carbonyl (C=O) groups excluding carboxylic acids is 2. The molecule has 2 aromatic carbocycles. The van der Waals surface area contributed by atoms with Gasteiger partial charge in [0.1, 0.15) is 11.8 Å². The van der Waals surface area contributed by atoms with Gasteiger partial charge in [0.15, 0.2) is 11.5 Å². The number of nitrogens with one attached hydrogen (secondary N) is 1. The summed E-state index contributed by atoms with van der Waals surface area (Å²) in [5.74, 6) is 0.0981. The lowest BCUT2D eigenvalue weighted by Gasteiger charge is -2.22. The molecule has 0 radical (unpaired) electrons. The summed E-state index contributed by atoms with van der Waals surface area (Å²) in [6.07, 6.45) is 0. The molecule has 0 saturated carbocycles. The molecule has 0 saturated heterocycles. The SMILES string of the molecule is CCOc1ccccc1C(=O)N[C@H](C(=O)Oc1ccccc1OC)C(C)C. The van der Waals surface area contributed by atoms with E-state index in [0.717, 1.165) is 0 Å². The highest BCUT2D eigenvalue weighted by atomic mass is 16.6. The fraction of sp³-hybridized carbons (Fsp3) is 0.333. The van der Waals surface area contributed by atoms with E-state index in [-0.39, 0.29) is 5.92 Å². The molecule has 0 aliphatic heterocycles. The lowest BCUT2D eigenvalue weighted by Crippen LogP contribution is -2.46. The number of ether oxygens (including phenoxy) is 3. The van der Waals surface area contributed by atoms with Crippen LogP contribution in [0.3, 0.4) is 0 Å². The van der Waals surface area contributed by atoms with Gasteiger partial charge in [-0.2, -0.15) is 0 Å². The first-order chi connectivity index (χ1) is 13.0. The topological polar surface area (TPSA) is 73.9 Å². The van der Waals surface area contributed by atoms with Gasteiger partial charge in [0.25, 0.3) is 5.91 Å². The van der Waals surface area contributed by atoms with Gasteiger partial charge in [-0.15, -0.1) is 0 Å². The van der Waals surface area contributed by atoms with Gasteiger partial charge in [-0.3, -0.25) is 4.79 Å². The molecular formula is C21H25NO5. The Kier molecular flexibility index (Phi) is 7.23. The molecule has 0 bridgehead atoms. The maximum atomic E-state index is 12.7. The van der Waals surface area contributed by atoms with Crippen molar-refractivity contribution in [1.82, 2.24) is 5.32 Å². The largest absolute Gasteiger partial charge is 0.493 e. The van der Waals surface area contributed by atoms with Crippen LogP contribution < -0.4 is 19.5 Å². The Balaban J connectivity index is 2.18. The average Bonchev–Trinajstić information content (AvgIpc) is 2.66. The van der Waals surface area contributed by atoms with E-state index in [0.29, 0.717) is 29.4 Å². The Hall–Kier alpha value is -3.02. The predicted molar refractivity (Wildman–Crippen MR) is 102 cm³/mol. The van der Waals surface area contributed by atoms with Crippen LogP contribution in [0.5, 0.6) is 17.2 Å². The third-order valence-corrected chi connectivity index (χ3v) is 3.92. The Bertz CT molecular complexity index is 788. The van der Waals surface area contributed by atoms with E-state index in [1.165, 1.54) is 7.11 Å². The van der Waals surface area contributed by atoms with E-state index in [1.807, 2.05) is 20.8 Å². The number of amides is 1. The molecular weight excluding hydrogens is 346 g/mol. The summed E-state index contributed by atoms with van der Waals surface area (Å²) in [7, 11) is 1.50. The molecule has 0 spiro atoms. The fourth-order valence-electron chi connectivity index (χ4n) is 2.53. The van der Waals surface area contributed by atoms with Crippen LogP contribution in [0, 0.1) is 5.92 Å². The summed E-state index contributed by atoms with van der Waals surface area (Å²) in [4.78, 5) is 25.4. The summed E-state index contributed by atoms with van der Waals surface area (Å²) >= 11 is 0. The second-order valence-corrected chi connectivity index (χ2v) is 6.20. The zero-order chi connectivity index (χ0) is 19.8. The van der Waals surface area contributed by atoms with Crippen LogP contribution in [0.15, 0.2) is 48.5 Å². The van der Waals surface area contributed by atoms with Crippen molar-refractivity contribution in [2.45, 2.75) is 26.8 Å². The van der Waals surface area contributed by atoms with Crippen molar-refractivity contribution in [3.05, 3.63) is 54.1 Å². The van der Waals surface area contributed by atoms with Crippen LogP contribution in [0.1, 0.15) is 31.1 Å². The minimum Gasteiger partial charge on any atom is -0.493 e. The van der Waals surface area contributed by atoms with Crippen molar-refractivity contribution in [3.8, 4) is 17.2 Å². The summed E-state index contributed by atoms with van der Waals surface area (Å²) in [6.45, 7) is 5.95. The fourth-order valence-corrected chi connectivity index (χ4v) is 2.53. The molecule has 0 aliphatic carbocycles. The molecule has 1 atom stereocenters. The molecule has 27 heavy (non-hydrogen) atoms. The lowest BCUT2D eigenvalue weighted by molar-refractivity contribution is -0.137. The number of methoxy groups -OCH3 is 1. The van der Waals surface area contributed by atoms with Gasteiger partial charge >= 0.3 is 5.97 Å². The van der Waals surface area contributed by atoms with Crippen LogP contribution in [-0.2, 0) is 4.79 Å².